The minimum absolute atomic E-state index is 0.0739. The summed E-state index contributed by atoms with van der Waals surface area (Å²) in [5.74, 6) is -0.198. The second-order valence-corrected chi connectivity index (χ2v) is 10.1. The first kappa shape index (κ1) is 25.4. The molecule has 1 N–H and O–H groups in total. The molecule has 9 nitrogen and oxygen atoms in total. The topological polar surface area (TPSA) is 110 Å². The molecule has 1 aliphatic rings. The Labute approximate surface area is 230 Å². The van der Waals surface area contributed by atoms with Crippen LogP contribution in [0.1, 0.15) is 35.9 Å². The molecule has 2 amide bonds. The zero-order valence-electron chi connectivity index (χ0n) is 22.3. The molecule has 200 valence electrons. The molecule has 1 fully saturated rings. The van der Waals surface area contributed by atoms with Crippen LogP contribution in [-0.2, 0) is 16.1 Å². The van der Waals surface area contributed by atoms with Gasteiger partial charge in [0.15, 0.2) is 5.78 Å². The van der Waals surface area contributed by atoms with Crippen molar-refractivity contribution in [3.8, 4) is 11.1 Å². The summed E-state index contributed by atoms with van der Waals surface area (Å²) in [5.41, 5.74) is 4.57. The van der Waals surface area contributed by atoms with Crippen LogP contribution in [0, 0.1) is 6.92 Å². The fraction of sp³-hybridized carbons (Fsp3) is 0.226. The number of nitrogens with zero attached hydrogens (tertiary/aromatic N) is 5. The Bertz CT molecular complexity index is 1790. The van der Waals surface area contributed by atoms with Crippen LogP contribution in [0.4, 0.5) is 5.82 Å². The van der Waals surface area contributed by atoms with E-state index in [0.29, 0.717) is 35.4 Å². The average Bonchev–Trinajstić information content (AvgIpc) is 3.58. The summed E-state index contributed by atoms with van der Waals surface area (Å²) in [6, 6.07) is 20.6. The van der Waals surface area contributed by atoms with Gasteiger partial charge in [-0.1, -0.05) is 30.3 Å². The lowest BCUT2D eigenvalue weighted by molar-refractivity contribution is -0.137. The first-order valence-corrected chi connectivity index (χ1v) is 13.3. The number of hydrogen-bond donors (Lipinski definition) is 1. The molecule has 5 aromatic rings. The molecule has 0 spiro atoms. The molecule has 1 aliphatic heterocycles. The molecule has 0 bridgehead atoms. The summed E-state index contributed by atoms with van der Waals surface area (Å²) in [7, 11) is 0. The van der Waals surface area contributed by atoms with E-state index in [1.54, 1.807) is 21.8 Å². The van der Waals surface area contributed by atoms with Crippen LogP contribution in [0.5, 0.6) is 0 Å². The number of likely N-dealkylation sites (tertiary alicyclic amines) is 1. The van der Waals surface area contributed by atoms with E-state index in [2.05, 4.69) is 20.4 Å². The normalized spacial score (nSPS) is 15.1. The predicted molar refractivity (Wildman–Crippen MR) is 153 cm³/mol. The highest BCUT2D eigenvalue weighted by Gasteiger charge is 2.34. The van der Waals surface area contributed by atoms with Crippen molar-refractivity contribution in [2.45, 2.75) is 39.3 Å². The highest BCUT2D eigenvalue weighted by molar-refractivity contribution is 6.06. The number of carbonyl (C=O) groups is 3. The molecule has 9 heteroatoms. The number of anilines is 1. The first-order valence-electron chi connectivity index (χ1n) is 13.3. The third-order valence-corrected chi connectivity index (χ3v) is 7.32. The number of aromatic nitrogens is 4. The van der Waals surface area contributed by atoms with Gasteiger partial charge in [-0.15, -0.1) is 0 Å². The summed E-state index contributed by atoms with van der Waals surface area (Å²) in [6.07, 6.45) is 3.07. The van der Waals surface area contributed by atoms with Gasteiger partial charge in [-0.05, 0) is 67.3 Å². The van der Waals surface area contributed by atoms with Crippen molar-refractivity contribution in [1.29, 1.82) is 0 Å². The summed E-state index contributed by atoms with van der Waals surface area (Å²) in [5, 5.41) is 9.10. The molecular formula is C31H28N6O3. The Morgan fingerprint density at radius 2 is 1.82 bits per heavy atom. The van der Waals surface area contributed by atoms with E-state index in [1.807, 2.05) is 67.6 Å². The van der Waals surface area contributed by atoms with Crippen LogP contribution in [-0.4, -0.2) is 54.8 Å². The number of rotatable bonds is 6. The number of hydrogen-bond acceptors (Lipinski definition) is 6. The number of carbonyl (C=O) groups excluding carboxylic acids is 3. The van der Waals surface area contributed by atoms with Crippen LogP contribution in [0.3, 0.4) is 0 Å². The molecule has 2 aromatic carbocycles. The lowest BCUT2D eigenvalue weighted by atomic mass is 10.0. The standard InChI is InChI=1S/C31H28N6O3/c1-19-6-3-9-28(33-19)34-31(40)27-8-5-15-36(27)29(39)18-37-26-13-12-22(16-24(26)30(35-37)20(2)38)23-11-10-21-7-4-14-32-25(21)17-23/h3-4,6-7,9-14,16-17,27H,5,8,15,18H2,1-2H3,(H,33,34,40). The van der Waals surface area contributed by atoms with E-state index >= 15 is 0 Å². The predicted octanol–water partition coefficient (Wildman–Crippen LogP) is 4.79. The Hall–Kier alpha value is -4.92. The monoisotopic (exact) mass is 532 g/mol. The van der Waals surface area contributed by atoms with E-state index < -0.39 is 6.04 Å². The van der Waals surface area contributed by atoms with Crippen LogP contribution in [0.2, 0.25) is 0 Å². The minimum atomic E-state index is -0.586. The third-order valence-electron chi connectivity index (χ3n) is 7.32. The lowest BCUT2D eigenvalue weighted by Gasteiger charge is -2.24. The largest absolute Gasteiger partial charge is 0.329 e. The van der Waals surface area contributed by atoms with E-state index in [-0.39, 0.29) is 24.1 Å². The maximum Gasteiger partial charge on any atom is 0.248 e. The molecule has 6 rings (SSSR count). The SMILES string of the molecule is CC(=O)c1nn(CC(=O)N2CCCC2C(=O)Nc2cccc(C)n2)c2ccc(-c3ccc4cccnc4c3)cc12. The van der Waals surface area contributed by atoms with Gasteiger partial charge in [-0.3, -0.25) is 24.0 Å². The van der Waals surface area contributed by atoms with Gasteiger partial charge in [0.05, 0.1) is 11.0 Å². The molecule has 1 unspecified atom stereocenters. The fourth-order valence-corrected chi connectivity index (χ4v) is 5.36. The van der Waals surface area contributed by atoms with Crippen LogP contribution in [0.15, 0.2) is 72.9 Å². The molecule has 4 heterocycles. The molecule has 0 aliphatic carbocycles. The molecule has 1 atom stereocenters. The summed E-state index contributed by atoms with van der Waals surface area (Å²) in [4.78, 5) is 49.4. The maximum absolute atomic E-state index is 13.4. The van der Waals surface area contributed by atoms with Crippen molar-refractivity contribution in [2.24, 2.45) is 0 Å². The number of Topliss-reactive ketones (excluding diaryl/α,β-unsaturated/α-hetero) is 1. The van der Waals surface area contributed by atoms with Crippen molar-refractivity contribution in [3.05, 3.63) is 84.3 Å². The summed E-state index contributed by atoms with van der Waals surface area (Å²) in [6.45, 7) is 3.74. The highest BCUT2D eigenvalue weighted by atomic mass is 16.2. The smallest absolute Gasteiger partial charge is 0.248 e. The second kappa shape index (κ2) is 10.3. The number of amides is 2. The van der Waals surface area contributed by atoms with Gasteiger partial charge in [0, 0.05) is 36.1 Å². The number of nitrogens with one attached hydrogen (secondary N) is 1. The van der Waals surface area contributed by atoms with Crippen molar-refractivity contribution < 1.29 is 14.4 Å². The number of pyridine rings is 2. The van der Waals surface area contributed by atoms with E-state index in [1.165, 1.54) is 6.92 Å². The van der Waals surface area contributed by atoms with Gasteiger partial charge in [-0.25, -0.2) is 4.98 Å². The zero-order valence-corrected chi connectivity index (χ0v) is 22.3. The number of benzene rings is 2. The zero-order chi connectivity index (χ0) is 27.8. The van der Waals surface area contributed by atoms with Crippen molar-refractivity contribution in [2.75, 3.05) is 11.9 Å². The molecule has 0 radical (unpaired) electrons. The Kier molecular flexibility index (Phi) is 6.55. The maximum atomic E-state index is 13.4. The van der Waals surface area contributed by atoms with E-state index in [4.69, 9.17) is 0 Å². The first-order chi connectivity index (χ1) is 19.4. The van der Waals surface area contributed by atoms with Gasteiger partial charge in [0.2, 0.25) is 11.8 Å². The number of ketones is 1. The lowest BCUT2D eigenvalue weighted by Crippen LogP contribution is -2.44. The van der Waals surface area contributed by atoms with Gasteiger partial charge < -0.3 is 10.2 Å². The minimum Gasteiger partial charge on any atom is -0.329 e. The number of aryl methyl sites for hydroxylation is 1. The molecule has 1 saturated heterocycles. The van der Waals surface area contributed by atoms with E-state index in [9.17, 15) is 14.4 Å². The van der Waals surface area contributed by atoms with Crippen molar-refractivity contribution >= 4 is 45.2 Å². The summed E-state index contributed by atoms with van der Waals surface area (Å²) >= 11 is 0. The van der Waals surface area contributed by atoms with Crippen LogP contribution in [0.25, 0.3) is 32.9 Å². The summed E-state index contributed by atoms with van der Waals surface area (Å²) < 4.78 is 1.57. The highest BCUT2D eigenvalue weighted by Crippen LogP contribution is 2.29. The Balaban J connectivity index is 1.27. The van der Waals surface area contributed by atoms with Crippen molar-refractivity contribution in [3.63, 3.8) is 0 Å². The molecule has 3 aromatic heterocycles. The van der Waals surface area contributed by atoms with Gasteiger partial charge in [0.1, 0.15) is 24.1 Å². The fourth-order valence-electron chi connectivity index (χ4n) is 5.36. The average molecular weight is 533 g/mol. The van der Waals surface area contributed by atoms with Crippen molar-refractivity contribution in [1.82, 2.24) is 24.6 Å². The second-order valence-electron chi connectivity index (χ2n) is 10.1. The van der Waals surface area contributed by atoms with Gasteiger partial charge >= 0.3 is 0 Å². The van der Waals surface area contributed by atoms with Gasteiger partial charge in [0.25, 0.3) is 0 Å². The van der Waals surface area contributed by atoms with Gasteiger partial charge in [-0.2, -0.15) is 5.10 Å². The Morgan fingerprint density at radius 1 is 1.00 bits per heavy atom. The molecular weight excluding hydrogens is 504 g/mol. The van der Waals surface area contributed by atoms with E-state index in [0.717, 1.165) is 34.1 Å². The Morgan fingerprint density at radius 3 is 2.65 bits per heavy atom. The molecule has 0 saturated carbocycles. The van der Waals surface area contributed by atoms with Crippen LogP contribution >= 0.6 is 0 Å². The number of fused-ring (bicyclic) bond motifs is 2. The quantitative estimate of drug-likeness (QED) is 0.315. The molecule has 40 heavy (non-hydrogen) atoms. The van der Waals surface area contributed by atoms with Crippen LogP contribution < -0.4 is 5.32 Å². The third kappa shape index (κ3) is 4.82.